The Morgan fingerprint density at radius 3 is 2.70 bits per heavy atom. The Morgan fingerprint density at radius 1 is 1.13 bits per heavy atom. The summed E-state index contributed by atoms with van der Waals surface area (Å²) in [4.78, 5) is 4.83. The van der Waals surface area contributed by atoms with Gasteiger partial charge in [-0.3, -0.25) is 9.29 Å². The molecule has 5 nitrogen and oxygen atoms in total. The third kappa shape index (κ3) is 2.42. The van der Waals surface area contributed by atoms with Crippen molar-refractivity contribution < 1.29 is 8.42 Å². The van der Waals surface area contributed by atoms with E-state index in [4.69, 9.17) is 0 Å². The molecule has 1 N–H and O–H groups in total. The van der Waals surface area contributed by atoms with Crippen molar-refractivity contribution in [3.8, 4) is 0 Å². The van der Waals surface area contributed by atoms with Gasteiger partial charge in [-0.2, -0.15) is 0 Å². The van der Waals surface area contributed by atoms with Crippen LogP contribution >= 0.6 is 0 Å². The molecule has 0 amide bonds. The van der Waals surface area contributed by atoms with Gasteiger partial charge >= 0.3 is 0 Å². The lowest BCUT2D eigenvalue weighted by atomic mass is 9.96. The number of benzene rings is 1. The zero-order chi connectivity index (χ0) is 15.9. The lowest BCUT2D eigenvalue weighted by Gasteiger charge is -2.21. The van der Waals surface area contributed by atoms with Gasteiger partial charge in [0.15, 0.2) is 0 Å². The van der Waals surface area contributed by atoms with E-state index in [0.717, 1.165) is 30.8 Å². The molecule has 1 saturated heterocycles. The fourth-order valence-electron chi connectivity index (χ4n) is 3.59. The summed E-state index contributed by atoms with van der Waals surface area (Å²) in [7, 11) is -3.55. The van der Waals surface area contributed by atoms with Gasteiger partial charge in [-0.05, 0) is 43.7 Å². The van der Waals surface area contributed by atoms with E-state index in [9.17, 15) is 8.42 Å². The van der Waals surface area contributed by atoms with Crippen molar-refractivity contribution in [3.63, 3.8) is 0 Å². The molecule has 0 aliphatic carbocycles. The molecule has 0 bridgehead atoms. The first-order valence-corrected chi connectivity index (χ1v) is 9.38. The molecule has 2 unspecified atom stereocenters. The summed E-state index contributed by atoms with van der Waals surface area (Å²) in [5.74, 6) is 0.118. The van der Waals surface area contributed by atoms with Crippen LogP contribution in [0.2, 0.25) is 0 Å². The van der Waals surface area contributed by atoms with Crippen LogP contribution in [0.5, 0.6) is 0 Å². The highest BCUT2D eigenvalue weighted by Gasteiger charge is 2.41. The molecule has 1 fully saturated rings. The second-order valence-electron chi connectivity index (χ2n) is 6.07. The molecule has 23 heavy (non-hydrogen) atoms. The molecular formula is C17H19N3O2S. The molecule has 4 rings (SSSR count). The predicted molar refractivity (Wildman–Crippen MR) is 89.0 cm³/mol. The Balaban J connectivity index is 1.76. The molecule has 6 heteroatoms. The molecule has 2 aliphatic heterocycles. The SMILES string of the molecule is O=S(=O)(c1ccccc1)N1CC(C2CCCN2)c2ncccc21. The Kier molecular flexibility index (Phi) is 3.58. The molecule has 0 saturated carbocycles. The molecule has 120 valence electrons. The number of fused-ring (bicyclic) bond motifs is 1. The summed E-state index contributed by atoms with van der Waals surface area (Å²) in [5.41, 5.74) is 1.61. The third-order valence-corrected chi connectivity index (χ3v) is 6.51. The average Bonchev–Trinajstić information content (AvgIpc) is 3.23. The van der Waals surface area contributed by atoms with Gasteiger partial charge in [0, 0.05) is 24.7 Å². The Morgan fingerprint density at radius 2 is 1.96 bits per heavy atom. The maximum absolute atomic E-state index is 13.0. The van der Waals surface area contributed by atoms with Crippen molar-refractivity contribution in [3.05, 3.63) is 54.4 Å². The minimum atomic E-state index is -3.55. The van der Waals surface area contributed by atoms with Crippen LogP contribution in [0.1, 0.15) is 24.5 Å². The fourth-order valence-corrected chi connectivity index (χ4v) is 5.11. The predicted octanol–water partition coefficient (Wildman–Crippen LogP) is 2.13. The van der Waals surface area contributed by atoms with Crippen LogP contribution in [0.25, 0.3) is 0 Å². The van der Waals surface area contributed by atoms with Crippen molar-refractivity contribution in [2.45, 2.75) is 29.7 Å². The van der Waals surface area contributed by atoms with Crippen LogP contribution in [0.3, 0.4) is 0 Å². The van der Waals surface area contributed by atoms with E-state index in [-0.39, 0.29) is 5.92 Å². The number of hydrogen-bond acceptors (Lipinski definition) is 4. The first-order valence-electron chi connectivity index (χ1n) is 7.94. The Hall–Kier alpha value is -1.92. The first kappa shape index (κ1) is 14.7. The maximum Gasteiger partial charge on any atom is 0.264 e. The molecule has 3 heterocycles. The largest absolute Gasteiger partial charge is 0.313 e. The number of pyridine rings is 1. The summed E-state index contributed by atoms with van der Waals surface area (Å²) in [6.45, 7) is 1.45. The monoisotopic (exact) mass is 329 g/mol. The first-order chi connectivity index (χ1) is 11.2. The van der Waals surface area contributed by atoms with E-state index < -0.39 is 10.0 Å². The standard InChI is InChI=1S/C17H19N3O2S/c21-23(22,13-6-2-1-3-7-13)20-12-14(15-8-4-10-18-15)17-16(20)9-5-11-19-17/h1-3,5-7,9,11,14-15,18H,4,8,10,12H2. The third-order valence-electron chi connectivity index (χ3n) is 4.71. The van der Waals surface area contributed by atoms with Gasteiger partial charge in [0.1, 0.15) is 0 Å². The highest BCUT2D eigenvalue weighted by molar-refractivity contribution is 7.92. The van der Waals surface area contributed by atoms with Crippen LogP contribution in [-0.4, -0.2) is 32.5 Å². The fraction of sp³-hybridized carbons (Fsp3) is 0.353. The van der Waals surface area contributed by atoms with E-state index >= 15 is 0 Å². The van der Waals surface area contributed by atoms with Crippen LogP contribution in [0.15, 0.2) is 53.6 Å². The smallest absolute Gasteiger partial charge is 0.264 e. The number of nitrogens with zero attached hydrogens (tertiary/aromatic N) is 2. The van der Waals surface area contributed by atoms with Gasteiger partial charge < -0.3 is 5.32 Å². The zero-order valence-corrected chi connectivity index (χ0v) is 13.5. The Bertz CT molecular complexity index is 802. The van der Waals surface area contributed by atoms with Gasteiger partial charge in [0.2, 0.25) is 0 Å². The number of rotatable bonds is 3. The number of hydrogen-bond donors (Lipinski definition) is 1. The molecule has 0 spiro atoms. The van der Waals surface area contributed by atoms with E-state index in [1.165, 1.54) is 4.31 Å². The highest BCUT2D eigenvalue weighted by Crippen LogP contribution is 2.41. The minimum absolute atomic E-state index is 0.118. The summed E-state index contributed by atoms with van der Waals surface area (Å²) in [5, 5.41) is 3.49. The van der Waals surface area contributed by atoms with Crippen LogP contribution < -0.4 is 9.62 Å². The van der Waals surface area contributed by atoms with Gasteiger partial charge in [-0.15, -0.1) is 0 Å². The summed E-state index contributed by atoms with van der Waals surface area (Å²) in [6, 6.07) is 12.6. The zero-order valence-electron chi connectivity index (χ0n) is 12.7. The topological polar surface area (TPSA) is 62.3 Å². The van der Waals surface area contributed by atoms with E-state index in [1.54, 1.807) is 36.5 Å². The van der Waals surface area contributed by atoms with Gasteiger partial charge in [-0.25, -0.2) is 8.42 Å². The van der Waals surface area contributed by atoms with Crippen molar-refractivity contribution in [1.82, 2.24) is 10.3 Å². The molecule has 1 aromatic carbocycles. The summed E-state index contributed by atoms with van der Waals surface area (Å²) >= 11 is 0. The van der Waals surface area contributed by atoms with Crippen molar-refractivity contribution >= 4 is 15.7 Å². The second kappa shape index (κ2) is 5.62. The number of nitrogens with one attached hydrogen (secondary N) is 1. The van der Waals surface area contributed by atoms with E-state index in [0.29, 0.717) is 17.5 Å². The lowest BCUT2D eigenvalue weighted by molar-refractivity contribution is 0.501. The van der Waals surface area contributed by atoms with Gasteiger partial charge in [-0.1, -0.05) is 18.2 Å². The van der Waals surface area contributed by atoms with Crippen molar-refractivity contribution in [2.24, 2.45) is 0 Å². The van der Waals surface area contributed by atoms with Crippen LogP contribution in [-0.2, 0) is 10.0 Å². The maximum atomic E-state index is 13.0. The molecule has 0 radical (unpaired) electrons. The average molecular weight is 329 g/mol. The van der Waals surface area contributed by atoms with E-state index in [1.807, 2.05) is 12.1 Å². The van der Waals surface area contributed by atoms with Crippen molar-refractivity contribution in [2.75, 3.05) is 17.4 Å². The minimum Gasteiger partial charge on any atom is -0.313 e. The van der Waals surface area contributed by atoms with Crippen LogP contribution in [0, 0.1) is 0 Å². The van der Waals surface area contributed by atoms with Crippen LogP contribution in [0.4, 0.5) is 5.69 Å². The summed E-state index contributed by atoms with van der Waals surface area (Å²) in [6.07, 6.45) is 3.95. The molecule has 1 aromatic heterocycles. The molecular weight excluding hydrogens is 310 g/mol. The number of anilines is 1. The molecule has 2 aromatic rings. The normalized spacial score (nSPS) is 23.9. The number of sulfonamides is 1. The number of aromatic nitrogens is 1. The highest BCUT2D eigenvalue weighted by atomic mass is 32.2. The molecule has 2 atom stereocenters. The second-order valence-corrected chi connectivity index (χ2v) is 7.93. The van der Waals surface area contributed by atoms with Gasteiger partial charge in [0.05, 0.1) is 16.3 Å². The van der Waals surface area contributed by atoms with E-state index in [2.05, 4.69) is 10.3 Å². The quantitative estimate of drug-likeness (QED) is 0.937. The van der Waals surface area contributed by atoms with Crippen molar-refractivity contribution in [1.29, 1.82) is 0 Å². The molecule has 2 aliphatic rings. The van der Waals surface area contributed by atoms with Gasteiger partial charge in [0.25, 0.3) is 10.0 Å². The lowest BCUT2D eigenvalue weighted by Crippen LogP contribution is -2.35. The summed E-state index contributed by atoms with van der Waals surface area (Å²) < 4.78 is 27.6. The Labute approximate surface area is 136 Å².